The van der Waals surface area contributed by atoms with Gasteiger partial charge in [0.2, 0.25) is 6.79 Å². The number of nitrogens with zero attached hydrogens (tertiary/aromatic N) is 4. The predicted octanol–water partition coefficient (Wildman–Crippen LogP) is 1.49. The number of aryl methyl sites for hydroxylation is 1. The highest BCUT2D eigenvalue weighted by molar-refractivity contribution is 9.10. The van der Waals surface area contributed by atoms with Crippen molar-refractivity contribution in [2.75, 3.05) is 18.1 Å². The van der Waals surface area contributed by atoms with E-state index in [9.17, 15) is 0 Å². The van der Waals surface area contributed by atoms with Crippen LogP contribution in [0.3, 0.4) is 0 Å². The molecule has 0 spiro atoms. The number of hydrogen-bond acceptors (Lipinski definition) is 7. The predicted molar refractivity (Wildman–Crippen MR) is 81.0 cm³/mol. The number of hydrogen-bond donors (Lipinski definition) is 2. The molecule has 1 aromatic carbocycles. The Kier molecular flexibility index (Phi) is 3.65. The van der Waals surface area contributed by atoms with Gasteiger partial charge in [0.25, 0.3) is 5.95 Å². The Hall–Kier alpha value is -2.29. The fourth-order valence-corrected chi connectivity index (χ4v) is 2.26. The summed E-state index contributed by atoms with van der Waals surface area (Å²) in [7, 11) is 0. The second-order valence-electron chi connectivity index (χ2n) is 4.26. The molecule has 0 atom stereocenters. The van der Waals surface area contributed by atoms with Gasteiger partial charge in [-0.15, -0.1) is 10.2 Å². The van der Waals surface area contributed by atoms with Gasteiger partial charge in [-0.2, -0.15) is 5.10 Å². The summed E-state index contributed by atoms with van der Waals surface area (Å²) in [5.41, 5.74) is 3.59. The molecular formula is C12H13BrN6O2. The van der Waals surface area contributed by atoms with Gasteiger partial charge in [-0.25, -0.2) is 10.1 Å². The van der Waals surface area contributed by atoms with Crippen LogP contribution in [0.1, 0.15) is 18.3 Å². The van der Waals surface area contributed by atoms with E-state index in [-0.39, 0.29) is 6.79 Å². The Morgan fingerprint density at radius 1 is 1.43 bits per heavy atom. The molecule has 0 unspecified atom stereocenters. The minimum atomic E-state index is 0.233. The van der Waals surface area contributed by atoms with Crippen LogP contribution in [0.15, 0.2) is 21.7 Å². The van der Waals surface area contributed by atoms with E-state index in [1.54, 1.807) is 6.21 Å². The number of nitrogens with one attached hydrogen (secondary N) is 1. The lowest BCUT2D eigenvalue weighted by Gasteiger charge is -2.02. The summed E-state index contributed by atoms with van der Waals surface area (Å²) < 4.78 is 12.8. The molecule has 3 rings (SSSR count). The lowest BCUT2D eigenvalue weighted by atomic mass is 10.2. The molecule has 1 aromatic heterocycles. The fraction of sp³-hybridized carbons (Fsp3) is 0.250. The van der Waals surface area contributed by atoms with Crippen molar-refractivity contribution in [3.8, 4) is 11.5 Å². The molecule has 1 aliphatic heterocycles. The molecule has 8 nitrogen and oxygen atoms in total. The number of anilines is 1. The maximum absolute atomic E-state index is 5.81. The third-order valence-electron chi connectivity index (χ3n) is 2.94. The van der Waals surface area contributed by atoms with Gasteiger partial charge in [0.15, 0.2) is 17.3 Å². The van der Waals surface area contributed by atoms with Crippen molar-refractivity contribution >= 4 is 28.1 Å². The molecule has 0 saturated carbocycles. The minimum absolute atomic E-state index is 0.233. The van der Waals surface area contributed by atoms with Crippen LogP contribution in [-0.4, -0.2) is 27.9 Å². The molecule has 0 saturated heterocycles. The molecule has 0 radical (unpaired) electrons. The lowest BCUT2D eigenvalue weighted by molar-refractivity contribution is 0.174. The van der Waals surface area contributed by atoms with Gasteiger partial charge in [-0.3, -0.25) is 0 Å². The number of benzene rings is 1. The first kappa shape index (κ1) is 13.7. The topological polar surface area (TPSA) is 99.6 Å². The summed E-state index contributed by atoms with van der Waals surface area (Å²) in [5, 5.41) is 11.9. The SMILES string of the molecule is CCc1nnc(NN=Cc2cc3c(cc2Br)OCO3)n1N. The van der Waals surface area contributed by atoms with E-state index in [2.05, 4.69) is 36.7 Å². The van der Waals surface area contributed by atoms with Crippen molar-refractivity contribution in [1.82, 2.24) is 14.9 Å². The second kappa shape index (κ2) is 5.60. The van der Waals surface area contributed by atoms with Crippen molar-refractivity contribution in [3.05, 3.63) is 28.0 Å². The number of halogens is 1. The first-order chi connectivity index (χ1) is 10.2. The Bertz CT molecular complexity index is 699. The molecule has 0 amide bonds. The normalized spacial score (nSPS) is 13.0. The van der Waals surface area contributed by atoms with Crippen LogP contribution in [0.25, 0.3) is 0 Å². The second-order valence-corrected chi connectivity index (χ2v) is 5.11. The quantitative estimate of drug-likeness (QED) is 0.491. The van der Waals surface area contributed by atoms with E-state index in [0.29, 0.717) is 29.7 Å². The van der Waals surface area contributed by atoms with Gasteiger partial charge < -0.3 is 15.3 Å². The summed E-state index contributed by atoms with van der Waals surface area (Å²) in [4.78, 5) is 0. The molecule has 0 bridgehead atoms. The number of aromatic nitrogens is 3. The van der Waals surface area contributed by atoms with Crippen LogP contribution in [0.2, 0.25) is 0 Å². The zero-order valence-electron chi connectivity index (χ0n) is 11.2. The van der Waals surface area contributed by atoms with Crippen LogP contribution in [0.4, 0.5) is 5.95 Å². The van der Waals surface area contributed by atoms with Gasteiger partial charge in [0, 0.05) is 16.5 Å². The summed E-state index contributed by atoms with van der Waals surface area (Å²) in [5.74, 6) is 8.26. The monoisotopic (exact) mass is 352 g/mol. The first-order valence-corrected chi connectivity index (χ1v) is 7.06. The van der Waals surface area contributed by atoms with E-state index < -0.39 is 0 Å². The van der Waals surface area contributed by atoms with Crippen molar-refractivity contribution in [1.29, 1.82) is 0 Å². The summed E-state index contributed by atoms with van der Waals surface area (Å²) >= 11 is 3.45. The van der Waals surface area contributed by atoms with E-state index in [0.717, 1.165) is 10.0 Å². The number of ether oxygens (including phenoxy) is 2. The lowest BCUT2D eigenvalue weighted by Crippen LogP contribution is -2.14. The van der Waals surface area contributed by atoms with Crippen LogP contribution in [0.5, 0.6) is 11.5 Å². The van der Waals surface area contributed by atoms with E-state index in [4.69, 9.17) is 15.3 Å². The highest BCUT2D eigenvalue weighted by Crippen LogP contribution is 2.36. The zero-order valence-corrected chi connectivity index (χ0v) is 12.8. The van der Waals surface area contributed by atoms with E-state index in [1.165, 1.54) is 4.68 Å². The minimum Gasteiger partial charge on any atom is -0.454 e. The largest absolute Gasteiger partial charge is 0.454 e. The third-order valence-corrected chi connectivity index (χ3v) is 3.63. The average molecular weight is 353 g/mol. The standard InChI is InChI=1S/C12H13BrN6O2/c1-2-11-16-18-12(19(11)14)17-15-5-7-3-9-10(4-8(7)13)21-6-20-9/h3-5H,2,6,14H2,1H3,(H,17,18). The Labute approximate surface area is 129 Å². The van der Waals surface area contributed by atoms with Crippen molar-refractivity contribution in [3.63, 3.8) is 0 Å². The summed E-state index contributed by atoms with van der Waals surface area (Å²) in [6.45, 7) is 2.18. The third kappa shape index (κ3) is 2.64. The van der Waals surface area contributed by atoms with Crippen LogP contribution < -0.4 is 20.7 Å². The fourth-order valence-electron chi connectivity index (χ4n) is 1.83. The van der Waals surface area contributed by atoms with Crippen molar-refractivity contribution in [2.24, 2.45) is 5.10 Å². The van der Waals surface area contributed by atoms with Gasteiger partial charge in [0.1, 0.15) is 0 Å². The number of fused-ring (bicyclic) bond motifs is 1. The van der Waals surface area contributed by atoms with Gasteiger partial charge >= 0.3 is 0 Å². The van der Waals surface area contributed by atoms with Crippen molar-refractivity contribution < 1.29 is 9.47 Å². The Morgan fingerprint density at radius 3 is 2.90 bits per heavy atom. The van der Waals surface area contributed by atoms with Crippen LogP contribution in [0, 0.1) is 0 Å². The summed E-state index contributed by atoms with van der Waals surface area (Å²) in [6, 6.07) is 3.67. The van der Waals surface area contributed by atoms with E-state index in [1.807, 2.05) is 19.1 Å². The number of rotatable bonds is 4. The average Bonchev–Trinajstić information content (AvgIpc) is 3.06. The Balaban J connectivity index is 1.76. The van der Waals surface area contributed by atoms with Crippen LogP contribution in [-0.2, 0) is 6.42 Å². The number of nitrogens with two attached hydrogens (primary N) is 1. The highest BCUT2D eigenvalue weighted by Gasteiger charge is 2.15. The van der Waals surface area contributed by atoms with Gasteiger partial charge in [-0.1, -0.05) is 6.92 Å². The molecule has 110 valence electrons. The molecule has 3 N–H and O–H groups in total. The molecule has 0 fully saturated rings. The first-order valence-electron chi connectivity index (χ1n) is 6.26. The molecule has 9 heteroatoms. The van der Waals surface area contributed by atoms with Crippen LogP contribution >= 0.6 is 15.9 Å². The maximum atomic E-state index is 5.81. The molecule has 0 aliphatic carbocycles. The van der Waals surface area contributed by atoms with Gasteiger partial charge in [0.05, 0.1) is 6.21 Å². The molecular weight excluding hydrogens is 340 g/mol. The van der Waals surface area contributed by atoms with Gasteiger partial charge in [-0.05, 0) is 28.1 Å². The summed E-state index contributed by atoms with van der Waals surface area (Å²) in [6.07, 6.45) is 2.33. The zero-order chi connectivity index (χ0) is 14.8. The smallest absolute Gasteiger partial charge is 0.263 e. The number of nitrogen functional groups attached to an aromatic ring is 1. The molecule has 2 aromatic rings. The molecule has 1 aliphatic rings. The van der Waals surface area contributed by atoms with Crippen molar-refractivity contribution in [2.45, 2.75) is 13.3 Å². The molecule has 21 heavy (non-hydrogen) atoms. The number of hydrazone groups is 1. The Morgan fingerprint density at radius 2 is 2.19 bits per heavy atom. The highest BCUT2D eigenvalue weighted by atomic mass is 79.9. The molecule has 2 heterocycles. The van der Waals surface area contributed by atoms with E-state index >= 15 is 0 Å². The maximum Gasteiger partial charge on any atom is 0.263 e.